The van der Waals surface area contributed by atoms with Gasteiger partial charge in [-0.3, -0.25) is 19.2 Å². The molecule has 0 atom stereocenters. The van der Waals surface area contributed by atoms with Gasteiger partial charge in [-0.2, -0.15) is 0 Å². The molecule has 0 radical (unpaired) electrons. The number of hydrogen-bond acceptors (Lipinski definition) is 6. The molecule has 0 heterocycles. The second-order valence-corrected chi connectivity index (χ2v) is 8.22. The van der Waals surface area contributed by atoms with E-state index in [1.165, 1.54) is 25.1 Å². The van der Waals surface area contributed by atoms with Crippen LogP contribution in [0, 0.1) is 0 Å². The molecule has 0 aliphatic rings. The fourth-order valence-corrected chi connectivity index (χ4v) is 2.59. The minimum Gasteiger partial charge on any atom is -0.493 e. The maximum Gasteiger partial charge on any atom is 0.255 e. The van der Waals surface area contributed by atoms with Crippen LogP contribution in [0.25, 0.3) is 0 Å². The van der Waals surface area contributed by atoms with Gasteiger partial charge in [0.1, 0.15) is 5.75 Å². The summed E-state index contributed by atoms with van der Waals surface area (Å²) in [7, 11) is 0. The fourth-order valence-electron chi connectivity index (χ4n) is 2.59. The monoisotopic (exact) mass is 420 g/mol. The van der Waals surface area contributed by atoms with E-state index in [-0.39, 0.29) is 17.7 Å². The van der Waals surface area contributed by atoms with E-state index in [1.54, 1.807) is 6.92 Å². The summed E-state index contributed by atoms with van der Waals surface area (Å²) in [6.45, 7) is 11.4. The van der Waals surface area contributed by atoms with Crippen LogP contribution in [0.15, 0.2) is 18.2 Å². The maximum atomic E-state index is 12.8. The molecule has 0 bridgehead atoms. The van der Waals surface area contributed by atoms with Gasteiger partial charge < -0.3 is 20.1 Å². The molecule has 0 fully saturated rings. The molecule has 1 aromatic carbocycles. The average Bonchev–Trinajstić information content (AvgIpc) is 2.65. The molecule has 30 heavy (non-hydrogen) atoms. The molecule has 1 rings (SSSR count). The van der Waals surface area contributed by atoms with Gasteiger partial charge in [-0.1, -0.05) is 0 Å². The molecule has 1 aromatic rings. The molecule has 0 spiro atoms. The first-order valence-electron chi connectivity index (χ1n) is 9.88. The Balaban J connectivity index is 2.82. The first-order valence-corrected chi connectivity index (χ1v) is 9.88. The molecule has 8 heteroatoms. The summed E-state index contributed by atoms with van der Waals surface area (Å²) in [6.07, 6.45) is 1.26. The third-order valence-corrected chi connectivity index (χ3v) is 4.45. The summed E-state index contributed by atoms with van der Waals surface area (Å²) in [5.74, 6) is -1.37. The van der Waals surface area contributed by atoms with Crippen molar-refractivity contribution in [1.82, 2.24) is 10.6 Å². The minimum absolute atomic E-state index is 0.136. The molecule has 0 aromatic heterocycles. The number of amides is 2. The number of hydrogen-bond donors (Lipinski definition) is 2. The third-order valence-electron chi connectivity index (χ3n) is 4.45. The summed E-state index contributed by atoms with van der Waals surface area (Å²) in [5.41, 5.74) is -0.740. The zero-order valence-corrected chi connectivity index (χ0v) is 18.6. The van der Waals surface area contributed by atoms with E-state index < -0.39 is 28.6 Å². The second kappa shape index (κ2) is 10.9. The van der Waals surface area contributed by atoms with Crippen LogP contribution in [-0.2, 0) is 14.3 Å². The number of rotatable bonds is 13. The van der Waals surface area contributed by atoms with Crippen LogP contribution in [0.5, 0.6) is 5.75 Å². The van der Waals surface area contributed by atoms with Gasteiger partial charge in [0.2, 0.25) is 12.2 Å². The Hall–Kier alpha value is -2.74. The summed E-state index contributed by atoms with van der Waals surface area (Å²) in [6, 6.07) is 4.34. The van der Waals surface area contributed by atoms with Crippen molar-refractivity contribution in [2.45, 2.75) is 59.1 Å². The molecule has 0 unspecified atom stereocenters. The lowest BCUT2D eigenvalue weighted by Gasteiger charge is -2.29. The quantitative estimate of drug-likeness (QED) is 0.288. The topological polar surface area (TPSA) is 111 Å². The van der Waals surface area contributed by atoms with Gasteiger partial charge in [-0.15, -0.1) is 0 Å². The Morgan fingerprint density at radius 2 is 1.80 bits per heavy atom. The van der Waals surface area contributed by atoms with Gasteiger partial charge >= 0.3 is 0 Å². The Bertz CT molecular complexity index is 786. The lowest BCUT2D eigenvalue weighted by molar-refractivity contribution is -0.113. The smallest absolute Gasteiger partial charge is 0.255 e. The van der Waals surface area contributed by atoms with Crippen molar-refractivity contribution in [3.05, 3.63) is 29.3 Å². The molecule has 166 valence electrons. The number of Topliss-reactive ketones (excluding diaryl/α,β-unsaturated/α-hetero) is 2. The van der Waals surface area contributed by atoms with E-state index in [0.717, 1.165) is 0 Å². The molecule has 0 saturated carbocycles. The first kappa shape index (κ1) is 25.3. The first-order chi connectivity index (χ1) is 13.9. The molecular weight excluding hydrogens is 388 g/mol. The van der Waals surface area contributed by atoms with E-state index in [1.807, 2.05) is 27.7 Å². The van der Waals surface area contributed by atoms with Crippen LogP contribution >= 0.6 is 0 Å². The highest BCUT2D eigenvalue weighted by Gasteiger charge is 2.24. The average molecular weight is 421 g/mol. The lowest BCUT2D eigenvalue weighted by atomic mass is 10.0. The molecule has 2 N–H and O–H groups in total. The third kappa shape index (κ3) is 7.94. The van der Waals surface area contributed by atoms with Crippen LogP contribution in [0.4, 0.5) is 0 Å². The van der Waals surface area contributed by atoms with Gasteiger partial charge in [0.05, 0.1) is 17.8 Å². The molecule has 0 saturated heterocycles. The summed E-state index contributed by atoms with van der Waals surface area (Å²) >= 11 is 0. The Morgan fingerprint density at radius 1 is 1.13 bits per heavy atom. The van der Waals surface area contributed by atoms with Crippen LogP contribution in [0.3, 0.4) is 0 Å². The van der Waals surface area contributed by atoms with Gasteiger partial charge in [0.15, 0.2) is 5.78 Å². The molecule has 0 aliphatic heterocycles. The summed E-state index contributed by atoms with van der Waals surface area (Å²) in [5, 5.41) is 5.52. The molecular formula is C22H32N2O6. The fraction of sp³-hybridized carbons (Fsp3) is 0.545. The van der Waals surface area contributed by atoms with Crippen molar-refractivity contribution in [1.29, 1.82) is 0 Å². The normalized spacial score (nSPS) is 11.5. The van der Waals surface area contributed by atoms with Crippen molar-refractivity contribution >= 4 is 23.9 Å². The highest BCUT2D eigenvalue weighted by molar-refractivity contribution is 6.43. The van der Waals surface area contributed by atoms with Crippen molar-refractivity contribution in [2.75, 3.05) is 19.8 Å². The second-order valence-electron chi connectivity index (χ2n) is 8.22. The van der Waals surface area contributed by atoms with Gasteiger partial charge in [-0.25, -0.2) is 0 Å². The zero-order valence-electron chi connectivity index (χ0n) is 18.6. The summed E-state index contributed by atoms with van der Waals surface area (Å²) in [4.78, 5) is 46.7. The highest BCUT2D eigenvalue weighted by atomic mass is 16.5. The molecule has 2 amide bonds. The van der Waals surface area contributed by atoms with Crippen LogP contribution in [0.1, 0.15) is 68.7 Å². The molecule has 8 nitrogen and oxygen atoms in total. The number of carbonyl (C=O) groups excluding carboxylic acids is 4. The zero-order chi connectivity index (χ0) is 22.9. The van der Waals surface area contributed by atoms with E-state index in [0.29, 0.717) is 31.8 Å². The number of ether oxygens (including phenoxy) is 2. The van der Waals surface area contributed by atoms with Gasteiger partial charge in [0, 0.05) is 31.2 Å². The van der Waals surface area contributed by atoms with Crippen LogP contribution < -0.4 is 15.4 Å². The van der Waals surface area contributed by atoms with Crippen molar-refractivity contribution in [3.8, 4) is 5.75 Å². The predicted molar refractivity (Wildman–Crippen MR) is 113 cm³/mol. The van der Waals surface area contributed by atoms with Gasteiger partial charge in [-0.05, 0) is 59.2 Å². The predicted octanol–water partition coefficient (Wildman–Crippen LogP) is 2.30. The lowest BCUT2D eigenvalue weighted by Crippen LogP contribution is -2.43. The highest BCUT2D eigenvalue weighted by Crippen LogP contribution is 2.21. The number of carbonyl (C=O) groups is 4. The molecule has 0 aliphatic carbocycles. The van der Waals surface area contributed by atoms with Crippen molar-refractivity contribution in [2.24, 2.45) is 0 Å². The van der Waals surface area contributed by atoms with E-state index in [9.17, 15) is 19.2 Å². The van der Waals surface area contributed by atoms with E-state index >= 15 is 0 Å². The number of benzene rings is 1. The number of ketones is 2. The summed E-state index contributed by atoms with van der Waals surface area (Å²) < 4.78 is 11.4. The standard InChI is InChI=1S/C22H32N2O6/c1-7-29-18-9-8-16(19(27)15(2)26)12-17(18)20(28)23-13-22(5,6)30-11-10-21(3,4)24-14-25/h8-9,12,14H,7,10-11,13H2,1-6H3,(H,23,28)(H,24,25). The number of nitrogens with one attached hydrogen (secondary N) is 2. The van der Waals surface area contributed by atoms with Crippen LogP contribution in [-0.4, -0.2) is 54.8 Å². The van der Waals surface area contributed by atoms with Gasteiger partial charge in [0.25, 0.3) is 5.91 Å². The maximum absolute atomic E-state index is 12.8. The van der Waals surface area contributed by atoms with Crippen molar-refractivity contribution < 1.29 is 28.7 Å². The van der Waals surface area contributed by atoms with E-state index in [2.05, 4.69) is 10.6 Å². The largest absolute Gasteiger partial charge is 0.493 e. The Morgan fingerprint density at radius 3 is 2.37 bits per heavy atom. The Labute approximate surface area is 177 Å². The van der Waals surface area contributed by atoms with Crippen molar-refractivity contribution in [3.63, 3.8) is 0 Å². The Kier molecular flexibility index (Phi) is 9.17. The van der Waals surface area contributed by atoms with Crippen LogP contribution in [0.2, 0.25) is 0 Å². The van der Waals surface area contributed by atoms with E-state index in [4.69, 9.17) is 9.47 Å². The minimum atomic E-state index is -0.665. The SMILES string of the molecule is CCOc1ccc(C(=O)C(C)=O)cc1C(=O)NCC(C)(C)OCCC(C)(C)NC=O.